The summed E-state index contributed by atoms with van der Waals surface area (Å²) in [7, 11) is 0. The second kappa shape index (κ2) is 8.47. The third-order valence-electron chi connectivity index (χ3n) is 2.54. The molecule has 1 saturated heterocycles. The second-order valence-electron chi connectivity index (χ2n) is 5.04. The monoisotopic (exact) mass is 296 g/mol. The van der Waals surface area contributed by atoms with E-state index in [4.69, 9.17) is 13.7 Å². The van der Waals surface area contributed by atoms with Gasteiger partial charge in [-0.15, -0.1) is 6.58 Å². The van der Waals surface area contributed by atoms with Crippen molar-refractivity contribution in [3.05, 3.63) is 42.5 Å². The lowest BCUT2D eigenvalue weighted by atomic mass is 10.2. The predicted molar refractivity (Wildman–Crippen MR) is 83.8 cm³/mol. The van der Waals surface area contributed by atoms with Gasteiger partial charge in [0.15, 0.2) is 5.79 Å². The maximum Gasteiger partial charge on any atom is 0.163 e. The van der Waals surface area contributed by atoms with E-state index in [0.717, 1.165) is 4.90 Å². The molecule has 0 aliphatic carbocycles. The molecule has 0 bridgehead atoms. The lowest BCUT2D eigenvalue weighted by Crippen LogP contribution is -2.42. The average molecular weight is 296 g/mol. The fourth-order valence-electron chi connectivity index (χ4n) is 1.45. The maximum atomic E-state index is 5.67. The summed E-state index contributed by atoms with van der Waals surface area (Å²) in [5, 5.41) is 0. The highest BCUT2D eigenvalue weighted by Crippen LogP contribution is 2.25. The molecule has 0 amide bonds. The smallest absolute Gasteiger partial charge is 0.163 e. The van der Waals surface area contributed by atoms with Crippen molar-refractivity contribution in [3.63, 3.8) is 0 Å². The van der Waals surface area contributed by atoms with E-state index < -0.39 is 5.79 Å². The van der Waals surface area contributed by atoms with Crippen LogP contribution in [0.4, 0.5) is 0 Å². The van der Waals surface area contributed by atoms with Gasteiger partial charge in [-0.1, -0.05) is 23.8 Å². The van der Waals surface area contributed by atoms with E-state index in [1.807, 2.05) is 20.8 Å². The molecule has 0 N–H and O–H groups in total. The zero-order valence-electron chi connectivity index (χ0n) is 12.7. The van der Waals surface area contributed by atoms with E-state index in [2.05, 4.69) is 37.8 Å². The van der Waals surface area contributed by atoms with Gasteiger partial charge in [-0.2, -0.15) is 0 Å². The summed E-state index contributed by atoms with van der Waals surface area (Å²) in [6.45, 7) is 12.3. The van der Waals surface area contributed by atoms with Gasteiger partial charge in [0.2, 0.25) is 0 Å². The molecule has 1 aromatic rings. The van der Waals surface area contributed by atoms with Gasteiger partial charge < -0.3 is 13.7 Å². The van der Waals surface area contributed by atoms with Crippen LogP contribution in [0.3, 0.4) is 0 Å². The second-order valence-corrected chi connectivity index (χ2v) is 5.88. The number of benzene rings is 1. The number of aryl methyl sites for hydroxylation is 1. The summed E-state index contributed by atoms with van der Waals surface area (Å²) < 4.78 is 16.7. The first-order valence-electron chi connectivity index (χ1n) is 6.72. The van der Waals surface area contributed by atoms with Crippen LogP contribution in [-0.2, 0) is 13.7 Å². The highest BCUT2D eigenvalue weighted by atomic mass is 32.2. The summed E-state index contributed by atoms with van der Waals surface area (Å²) in [6.07, 6.45) is 1.74. The van der Waals surface area contributed by atoms with Crippen LogP contribution in [0.25, 0.3) is 0 Å². The van der Waals surface area contributed by atoms with Gasteiger partial charge in [0, 0.05) is 16.9 Å². The summed E-state index contributed by atoms with van der Waals surface area (Å²) in [5.74, 6) is -0.478. The lowest BCUT2D eigenvalue weighted by molar-refractivity contribution is -0.267. The van der Waals surface area contributed by atoms with E-state index in [-0.39, 0.29) is 6.10 Å². The highest BCUT2D eigenvalue weighted by molar-refractivity contribution is 7.94. The van der Waals surface area contributed by atoms with E-state index in [0.29, 0.717) is 13.2 Å². The fourth-order valence-corrected chi connectivity index (χ4v) is 2.06. The molecule has 1 fully saturated rings. The van der Waals surface area contributed by atoms with Crippen molar-refractivity contribution < 1.29 is 13.7 Å². The molecule has 0 atom stereocenters. The quantitative estimate of drug-likeness (QED) is 0.612. The zero-order valence-corrected chi connectivity index (χ0v) is 13.5. The Hall–Kier alpha value is -0.810. The maximum absolute atomic E-state index is 5.67. The Kier molecular flexibility index (Phi) is 7.30. The van der Waals surface area contributed by atoms with Crippen molar-refractivity contribution in [2.75, 3.05) is 13.2 Å². The van der Waals surface area contributed by atoms with Gasteiger partial charge in [0.05, 0.1) is 13.2 Å². The molecule has 0 spiro atoms. The molecule has 112 valence electrons. The molecule has 1 aromatic carbocycles. The third-order valence-corrected chi connectivity index (χ3v) is 3.37. The number of hydrogen-bond donors (Lipinski definition) is 0. The minimum Gasteiger partial charge on any atom is -0.348 e. The Bertz CT molecular complexity index is 391. The average Bonchev–Trinajstić information content (AvgIpc) is 2.40. The summed E-state index contributed by atoms with van der Waals surface area (Å²) in [5.41, 5.74) is 1.25. The largest absolute Gasteiger partial charge is 0.348 e. The van der Waals surface area contributed by atoms with Crippen LogP contribution in [0, 0.1) is 6.92 Å². The van der Waals surface area contributed by atoms with Crippen LogP contribution in [-0.4, -0.2) is 25.1 Å². The van der Waals surface area contributed by atoms with Crippen molar-refractivity contribution in [3.8, 4) is 0 Å². The van der Waals surface area contributed by atoms with Gasteiger partial charge in [-0.25, -0.2) is 0 Å². The molecule has 0 unspecified atom stereocenters. The summed E-state index contributed by atoms with van der Waals surface area (Å²) >= 11 is 1.38. The van der Waals surface area contributed by atoms with Crippen LogP contribution in [0.2, 0.25) is 0 Å². The van der Waals surface area contributed by atoms with Gasteiger partial charge in [0.1, 0.15) is 6.10 Å². The van der Waals surface area contributed by atoms with Gasteiger partial charge in [0.25, 0.3) is 0 Å². The first-order valence-corrected chi connectivity index (χ1v) is 7.46. The molecular weight excluding hydrogens is 272 g/mol. The number of ether oxygens (including phenoxy) is 2. The minimum atomic E-state index is -0.478. The Morgan fingerprint density at radius 2 is 1.75 bits per heavy atom. The molecule has 0 radical (unpaired) electrons. The van der Waals surface area contributed by atoms with Crippen molar-refractivity contribution in [2.45, 2.75) is 44.5 Å². The fraction of sp³-hybridized carbons (Fsp3) is 0.500. The molecule has 1 aliphatic heterocycles. The summed E-state index contributed by atoms with van der Waals surface area (Å²) in [6, 6.07) is 8.24. The molecule has 0 saturated carbocycles. The Labute approximate surface area is 126 Å². The normalized spacial score (nSPS) is 18.0. The van der Waals surface area contributed by atoms with Gasteiger partial charge in [-0.3, -0.25) is 0 Å². The molecule has 4 heteroatoms. The van der Waals surface area contributed by atoms with E-state index >= 15 is 0 Å². The van der Waals surface area contributed by atoms with Crippen LogP contribution < -0.4 is 0 Å². The minimum absolute atomic E-state index is 0.00525. The van der Waals surface area contributed by atoms with Crippen molar-refractivity contribution in [2.24, 2.45) is 0 Å². The van der Waals surface area contributed by atoms with E-state index in [1.165, 1.54) is 17.6 Å². The highest BCUT2D eigenvalue weighted by Gasteiger charge is 2.29. The molecule has 1 aliphatic rings. The Balaban J connectivity index is 0.000000612. The van der Waals surface area contributed by atoms with Crippen molar-refractivity contribution in [1.82, 2.24) is 0 Å². The first-order chi connectivity index (χ1) is 9.46. The standard InChI is InChI=1S/C13H18O3S.C3H6/c1-10-4-6-12(7-5-10)17-16-11-8-14-13(2,3)15-9-11;1-3-2/h4-7,11H,8-9H2,1-3H3;3H,1H2,2H3. The molecule has 2 rings (SSSR count). The molecule has 20 heavy (non-hydrogen) atoms. The lowest BCUT2D eigenvalue weighted by Gasteiger charge is -2.34. The Morgan fingerprint density at radius 1 is 1.25 bits per heavy atom. The topological polar surface area (TPSA) is 27.7 Å². The van der Waals surface area contributed by atoms with Crippen LogP contribution in [0.15, 0.2) is 41.8 Å². The number of rotatable bonds is 3. The van der Waals surface area contributed by atoms with Gasteiger partial charge >= 0.3 is 0 Å². The zero-order chi connectivity index (χ0) is 15.0. The third kappa shape index (κ3) is 6.57. The van der Waals surface area contributed by atoms with Crippen molar-refractivity contribution >= 4 is 12.0 Å². The van der Waals surface area contributed by atoms with Crippen LogP contribution in [0.5, 0.6) is 0 Å². The molecular formula is C16H24O3S. The number of hydrogen-bond acceptors (Lipinski definition) is 4. The number of allylic oxidation sites excluding steroid dienone is 1. The van der Waals surface area contributed by atoms with Crippen LogP contribution in [0.1, 0.15) is 26.3 Å². The molecule has 0 aromatic heterocycles. The summed E-state index contributed by atoms with van der Waals surface area (Å²) in [4.78, 5) is 1.10. The van der Waals surface area contributed by atoms with E-state index in [1.54, 1.807) is 6.08 Å². The Morgan fingerprint density at radius 3 is 2.25 bits per heavy atom. The van der Waals surface area contributed by atoms with Crippen molar-refractivity contribution in [1.29, 1.82) is 0 Å². The van der Waals surface area contributed by atoms with E-state index in [9.17, 15) is 0 Å². The van der Waals surface area contributed by atoms with Crippen LogP contribution >= 0.6 is 12.0 Å². The SMILES string of the molecule is C=CC.Cc1ccc(SOC2COC(C)(C)OC2)cc1. The first kappa shape index (κ1) is 17.2. The molecule has 1 heterocycles. The molecule has 3 nitrogen and oxygen atoms in total. The van der Waals surface area contributed by atoms with Gasteiger partial charge in [-0.05, 0) is 39.8 Å². The predicted octanol–water partition coefficient (Wildman–Crippen LogP) is 4.36.